The van der Waals surface area contributed by atoms with E-state index in [0.29, 0.717) is 6.04 Å². The second-order valence-corrected chi connectivity index (χ2v) is 4.78. The lowest BCUT2D eigenvalue weighted by atomic mass is 10.2. The summed E-state index contributed by atoms with van der Waals surface area (Å²) in [4.78, 5) is 0. The van der Waals surface area contributed by atoms with Crippen LogP contribution >= 0.6 is 11.6 Å². The van der Waals surface area contributed by atoms with Crippen LogP contribution in [0.15, 0.2) is 18.2 Å². The van der Waals surface area contributed by atoms with Crippen molar-refractivity contribution in [2.75, 3.05) is 13.2 Å². The van der Waals surface area contributed by atoms with Gasteiger partial charge in [0.15, 0.2) is 0 Å². The Morgan fingerprint density at radius 3 is 3.06 bits per heavy atom. The largest absolute Gasteiger partial charge is 0.493 e. The average Bonchev–Trinajstić information content (AvgIpc) is 2.74. The molecule has 0 bridgehead atoms. The maximum absolute atomic E-state index is 5.89. The summed E-state index contributed by atoms with van der Waals surface area (Å²) in [5.74, 6) is 0.947. The van der Waals surface area contributed by atoms with Gasteiger partial charge in [-0.2, -0.15) is 0 Å². The summed E-state index contributed by atoms with van der Waals surface area (Å²) in [6, 6.07) is 6.40. The monoisotopic (exact) mass is 239 g/mol. The number of hydrogen-bond acceptors (Lipinski definition) is 2. The Kier molecular flexibility index (Phi) is 4.08. The van der Waals surface area contributed by atoms with Crippen LogP contribution in [0.4, 0.5) is 0 Å². The normalized spacial score (nSPS) is 20.0. The van der Waals surface area contributed by atoms with Gasteiger partial charge in [0.2, 0.25) is 0 Å². The summed E-state index contributed by atoms with van der Waals surface area (Å²) in [6.45, 7) is 3.96. The quantitative estimate of drug-likeness (QED) is 0.872. The van der Waals surface area contributed by atoms with Crippen LogP contribution in [0, 0.1) is 6.92 Å². The van der Waals surface area contributed by atoms with E-state index in [1.807, 2.05) is 25.1 Å². The highest BCUT2D eigenvalue weighted by Crippen LogP contribution is 2.22. The van der Waals surface area contributed by atoms with E-state index in [4.69, 9.17) is 16.3 Å². The Hall–Kier alpha value is -0.730. The maximum Gasteiger partial charge on any atom is 0.122 e. The molecule has 1 aromatic rings. The van der Waals surface area contributed by atoms with Gasteiger partial charge in [-0.1, -0.05) is 11.6 Å². The smallest absolute Gasteiger partial charge is 0.122 e. The molecule has 0 aliphatic carbocycles. The minimum atomic E-state index is 0.646. The third kappa shape index (κ3) is 3.13. The summed E-state index contributed by atoms with van der Waals surface area (Å²) in [5, 5.41) is 4.23. The molecule has 1 aliphatic heterocycles. The van der Waals surface area contributed by atoms with Crippen LogP contribution in [0.2, 0.25) is 5.02 Å². The lowest BCUT2D eigenvalue weighted by Crippen LogP contribution is -2.23. The van der Waals surface area contributed by atoms with E-state index in [0.717, 1.165) is 35.9 Å². The zero-order valence-corrected chi connectivity index (χ0v) is 10.4. The van der Waals surface area contributed by atoms with Crippen LogP contribution in [0.1, 0.15) is 24.8 Å². The van der Waals surface area contributed by atoms with E-state index in [1.54, 1.807) is 0 Å². The van der Waals surface area contributed by atoms with Gasteiger partial charge in [0.1, 0.15) is 5.75 Å². The minimum Gasteiger partial charge on any atom is -0.493 e. The van der Waals surface area contributed by atoms with Gasteiger partial charge in [-0.05, 0) is 56.5 Å². The third-order valence-electron chi connectivity index (χ3n) is 3.02. The van der Waals surface area contributed by atoms with Crippen molar-refractivity contribution in [3.05, 3.63) is 28.8 Å². The Labute approximate surface area is 102 Å². The van der Waals surface area contributed by atoms with E-state index >= 15 is 0 Å². The molecule has 1 unspecified atom stereocenters. The van der Waals surface area contributed by atoms with Crippen LogP contribution < -0.4 is 10.1 Å². The molecular formula is C13H18ClNO. The second-order valence-electron chi connectivity index (χ2n) is 4.34. The number of nitrogens with one attached hydrogen (secondary N) is 1. The predicted octanol–water partition coefficient (Wildman–Crippen LogP) is 3.17. The van der Waals surface area contributed by atoms with Gasteiger partial charge >= 0.3 is 0 Å². The lowest BCUT2D eigenvalue weighted by Gasteiger charge is -2.12. The molecule has 2 nitrogen and oxygen atoms in total. The topological polar surface area (TPSA) is 21.3 Å². The molecule has 1 aromatic carbocycles. The number of rotatable bonds is 4. The van der Waals surface area contributed by atoms with E-state index in [9.17, 15) is 0 Å². The SMILES string of the molecule is Cc1cc(Cl)ccc1OCCC1CCCN1. The maximum atomic E-state index is 5.89. The van der Waals surface area contributed by atoms with Crippen molar-refractivity contribution in [2.45, 2.75) is 32.2 Å². The first-order chi connectivity index (χ1) is 7.75. The summed E-state index contributed by atoms with van der Waals surface area (Å²) < 4.78 is 5.76. The Balaban J connectivity index is 1.80. The first-order valence-electron chi connectivity index (χ1n) is 5.88. The lowest BCUT2D eigenvalue weighted by molar-refractivity contribution is 0.290. The van der Waals surface area contributed by atoms with E-state index in [-0.39, 0.29) is 0 Å². The molecule has 3 heteroatoms. The van der Waals surface area contributed by atoms with Gasteiger partial charge in [0, 0.05) is 11.1 Å². The van der Waals surface area contributed by atoms with Crippen LogP contribution in [0.3, 0.4) is 0 Å². The zero-order chi connectivity index (χ0) is 11.4. The molecule has 0 amide bonds. The molecule has 1 aliphatic rings. The molecule has 0 radical (unpaired) electrons. The number of benzene rings is 1. The molecule has 0 spiro atoms. The molecule has 1 heterocycles. The molecule has 1 atom stereocenters. The number of halogens is 1. The van der Waals surface area contributed by atoms with Gasteiger partial charge in [0.25, 0.3) is 0 Å². The first-order valence-corrected chi connectivity index (χ1v) is 6.26. The van der Waals surface area contributed by atoms with Crippen molar-refractivity contribution in [2.24, 2.45) is 0 Å². The minimum absolute atomic E-state index is 0.646. The molecule has 16 heavy (non-hydrogen) atoms. The van der Waals surface area contributed by atoms with Crippen molar-refractivity contribution in [3.8, 4) is 5.75 Å². The van der Waals surface area contributed by atoms with Crippen LogP contribution in [0.5, 0.6) is 5.75 Å². The van der Waals surface area contributed by atoms with E-state index in [1.165, 1.54) is 12.8 Å². The molecule has 88 valence electrons. The molecular weight excluding hydrogens is 222 g/mol. The van der Waals surface area contributed by atoms with E-state index in [2.05, 4.69) is 5.32 Å². The molecule has 2 rings (SSSR count). The van der Waals surface area contributed by atoms with Gasteiger partial charge < -0.3 is 10.1 Å². The fraction of sp³-hybridized carbons (Fsp3) is 0.538. The number of hydrogen-bond donors (Lipinski definition) is 1. The fourth-order valence-corrected chi connectivity index (χ4v) is 2.32. The van der Waals surface area contributed by atoms with Crippen molar-refractivity contribution in [1.82, 2.24) is 5.32 Å². The summed E-state index contributed by atoms with van der Waals surface area (Å²) >= 11 is 5.89. The first kappa shape index (κ1) is 11.7. The van der Waals surface area contributed by atoms with Crippen molar-refractivity contribution < 1.29 is 4.74 Å². The van der Waals surface area contributed by atoms with Gasteiger partial charge in [-0.15, -0.1) is 0 Å². The zero-order valence-electron chi connectivity index (χ0n) is 9.63. The fourth-order valence-electron chi connectivity index (χ4n) is 2.09. The third-order valence-corrected chi connectivity index (χ3v) is 3.26. The molecule has 0 aromatic heterocycles. The summed E-state index contributed by atoms with van der Waals surface area (Å²) in [7, 11) is 0. The van der Waals surface area contributed by atoms with Crippen LogP contribution in [-0.2, 0) is 0 Å². The highest BCUT2D eigenvalue weighted by atomic mass is 35.5. The summed E-state index contributed by atoms with van der Waals surface area (Å²) in [5.41, 5.74) is 1.10. The predicted molar refractivity (Wildman–Crippen MR) is 67.3 cm³/mol. The highest BCUT2D eigenvalue weighted by molar-refractivity contribution is 6.30. The van der Waals surface area contributed by atoms with Gasteiger partial charge in [-0.25, -0.2) is 0 Å². The highest BCUT2D eigenvalue weighted by Gasteiger charge is 2.13. The number of ether oxygens (including phenoxy) is 1. The van der Waals surface area contributed by atoms with Crippen molar-refractivity contribution >= 4 is 11.6 Å². The van der Waals surface area contributed by atoms with Crippen LogP contribution in [-0.4, -0.2) is 19.2 Å². The Morgan fingerprint density at radius 2 is 2.38 bits per heavy atom. The van der Waals surface area contributed by atoms with E-state index < -0.39 is 0 Å². The second kappa shape index (κ2) is 5.55. The van der Waals surface area contributed by atoms with Gasteiger partial charge in [0.05, 0.1) is 6.61 Å². The average molecular weight is 240 g/mol. The molecule has 1 saturated heterocycles. The molecule has 0 saturated carbocycles. The van der Waals surface area contributed by atoms with Crippen molar-refractivity contribution in [3.63, 3.8) is 0 Å². The summed E-state index contributed by atoms with van der Waals surface area (Å²) in [6.07, 6.45) is 3.66. The Morgan fingerprint density at radius 1 is 1.50 bits per heavy atom. The molecule has 1 fully saturated rings. The van der Waals surface area contributed by atoms with Crippen LogP contribution in [0.25, 0.3) is 0 Å². The number of aryl methyl sites for hydroxylation is 1. The molecule has 1 N–H and O–H groups in total. The Bertz CT molecular complexity index is 348. The van der Waals surface area contributed by atoms with Crippen molar-refractivity contribution in [1.29, 1.82) is 0 Å². The van der Waals surface area contributed by atoms with Gasteiger partial charge in [-0.3, -0.25) is 0 Å². The standard InChI is InChI=1S/C13H18ClNO/c1-10-9-11(14)4-5-13(10)16-8-6-12-3-2-7-15-12/h4-5,9,12,15H,2-3,6-8H2,1H3.